The zero-order valence-electron chi connectivity index (χ0n) is 72.0. The Bertz CT molecular complexity index is 7330. The third-order valence-electron chi connectivity index (χ3n) is 24.0. The molecule has 4 unspecified atom stereocenters. The van der Waals surface area contributed by atoms with Crippen LogP contribution in [0.4, 0.5) is 11.6 Å². The Kier molecular flexibility index (Phi) is 26.7. The summed E-state index contributed by atoms with van der Waals surface area (Å²) in [6.45, 7) is 8.33. The van der Waals surface area contributed by atoms with E-state index < -0.39 is 7.12 Å². The van der Waals surface area contributed by atoms with Gasteiger partial charge in [-0.1, -0.05) is 96.5 Å². The molecule has 13 heterocycles. The molecule has 7 fully saturated rings. The van der Waals surface area contributed by atoms with Crippen LogP contribution >= 0.6 is 93.4 Å². The Morgan fingerprint density at radius 1 is 0.362 bits per heavy atom. The van der Waals surface area contributed by atoms with Crippen LogP contribution in [0.2, 0.25) is 11.0 Å². The summed E-state index contributed by atoms with van der Waals surface area (Å²) >= 11 is 20.9. The molecule has 4 atom stereocenters. The van der Waals surface area contributed by atoms with Gasteiger partial charge in [-0.2, -0.15) is 0 Å². The van der Waals surface area contributed by atoms with Gasteiger partial charge in [-0.3, -0.25) is 0 Å². The maximum Gasteiger partial charge on any atom is 0.454 e. The van der Waals surface area contributed by atoms with Crippen molar-refractivity contribution in [3.05, 3.63) is 266 Å². The van der Waals surface area contributed by atoms with Gasteiger partial charge >= 0.3 is 7.12 Å². The molecule has 0 amide bonds. The maximum atomic E-state index is 8.25. The standard InChI is InChI=1S/2C18H17N5S.2C12H15N3.2C10H9BrN2.C7H5BrN2.C6H3ClN2S.C3H7BO2/c1-11(22-17-14-6-7-24-18(14)20-9-19-17)12-2-5-16-15(8-12)21-10-23(16)13-3-4-13;1-11(22-17-14-6-7-24-18(14)20-9-19-17)12-2-5-15-16(8-12)23(10-21-15)13-3-4-13;1-8(13)9-2-5-12-11(6-9)14-7-15(12)10-3-4-10;1-8(13)9-2-5-11-12(6-9)15(7-14-11)10-3-4-10;11-7-1-4-10-9(5-7)12-6-13(10)8-2-3-8;11-7-1-4-9-10(5-7)13(6-12-9)8-2-3-8;8-5-1-2-6-7(3-5)10-4-9-6;7-5-4-1-2-10-6(4)9-3-8-5;5-4(6)3-1-2-3/h2*2,5-11,13H,3-4H2,1H3,(H,19,20,22);2*2,5-8,10H,3-4,13H2,1H3;2*1,4-6,8H,2-3H2;1-4H,(H,9,10);1-3H;3,5-6H,1-2H2. The predicted octanol–water partition coefficient (Wildman–Crippen LogP) is 24.4. The fraction of sp³-hybridized carbons (Fsp3) is 0.302. The molecule has 26 nitrogen and oxygen atoms in total. The van der Waals surface area contributed by atoms with Crippen molar-refractivity contribution >= 4 is 220 Å². The highest BCUT2D eigenvalue weighted by Gasteiger charge is 2.34. The molecular weight excluding hydrogens is 1900 g/mol. The SMILES string of the molecule is Brc1ccc2c(c1)ncn2C1CC1.Brc1ccc2nc[nH]c2c1.Brc1ccc2ncn(C3CC3)c2c1.CC(N)c1ccc2c(c1)ncn2C1CC1.CC(N)c1ccc2ncn(C3CC3)c2c1.CC(Nc1ncnc2sccc12)c1ccc2c(c1)ncn2C1CC1.CC(Nc1ncnc2sccc12)c1ccc2ncn(C3CC3)c2c1.Clc1ncnc2sccc12.OB(O)C1CC1. The van der Waals surface area contributed by atoms with Gasteiger partial charge in [0.05, 0.1) is 144 Å². The first-order chi connectivity index (χ1) is 63.3. The summed E-state index contributed by atoms with van der Waals surface area (Å²) in [6.07, 6.45) is 35.6. The van der Waals surface area contributed by atoms with Crippen LogP contribution in [-0.2, 0) is 0 Å². The van der Waals surface area contributed by atoms with E-state index in [1.807, 2.05) is 92.9 Å². The van der Waals surface area contributed by atoms with Crippen molar-refractivity contribution in [2.45, 2.75) is 184 Å². The Labute approximate surface area is 792 Å². The van der Waals surface area contributed by atoms with Crippen molar-refractivity contribution in [2.75, 3.05) is 10.6 Å². The lowest BCUT2D eigenvalue weighted by molar-refractivity contribution is 0.403. The number of nitrogens with zero attached hydrogens (tertiary/aromatic N) is 19. The van der Waals surface area contributed by atoms with Crippen LogP contribution in [0.25, 0.3) is 108 Å². The van der Waals surface area contributed by atoms with Gasteiger partial charge in [0.25, 0.3) is 0 Å². The van der Waals surface area contributed by atoms with Gasteiger partial charge in [0.2, 0.25) is 0 Å². The molecule has 0 saturated heterocycles. The second kappa shape index (κ2) is 39.3. The second-order valence-electron chi connectivity index (χ2n) is 34.2. The lowest BCUT2D eigenvalue weighted by Gasteiger charge is -2.16. The largest absolute Gasteiger partial charge is 0.454 e. The minimum atomic E-state index is -1.04. The molecule has 0 bridgehead atoms. The molecule has 20 aromatic rings. The van der Waals surface area contributed by atoms with Gasteiger partial charge in [0, 0.05) is 67.1 Å². The average Bonchev–Trinajstić information content (AvgIpc) is 1.58. The average molecular weight is 2000 g/mol. The van der Waals surface area contributed by atoms with E-state index in [1.54, 1.807) is 53.0 Å². The molecule has 7 saturated carbocycles. The zero-order valence-corrected chi connectivity index (χ0v) is 79.9. The van der Waals surface area contributed by atoms with Crippen LogP contribution < -0.4 is 22.1 Å². The van der Waals surface area contributed by atoms with E-state index in [4.69, 9.17) is 33.1 Å². The Morgan fingerprint density at radius 2 is 0.700 bits per heavy atom. The normalized spacial score (nSPS) is 16.0. The summed E-state index contributed by atoms with van der Waals surface area (Å²) in [4.78, 5) is 62.1. The van der Waals surface area contributed by atoms with Crippen LogP contribution in [0.5, 0.6) is 0 Å². The van der Waals surface area contributed by atoms with E-state index in [2.05, 4.69) is 290 Å². The number of hydrogen-bond acceptors (Lipinski definition) is 22. The van der Waals surface area contributed by atoms with Crippen molar-refractivity contribution in [1.82, 2.24) is 97.2 Å². The van der Waals surface area contributed by atoms with Crippen LogP contribution in [0.1, 0.15) is 200 Å². The lowest BCUT2D eigenvalue weighted by atomic mass is 9.84. The number of halogens is 4. The number of imidazole rings is 7. The number of benzene rings is 7. The molecule has 7 aromatic carbocycles. The number of nitrogens with one attached hydrogen (secondary N) is 3. The van der Waals surface area contributed by atoms with Gasteiger partial charge in [0.1, 0.15) is 50.3 Å². The number of thiophene rings is 3. The first kappa shape index (κ1) is 88.5. The second-order valence-corrected chi connectivity index (χ2v) is 40.0. The van der Waals surface area contributed by atoms with Crippen LogP contribution in [0, 0.1) is 0 Å². The number of fused-ring (bicyclic) bond motifs is 10. The smallest absolute Gasteiger partial charge is 0.427 e. The molecule has 0 spiro atoms. The van der Waals surface area contributed by atoms with Crippen molar-refractivity contribution < 1.29 is 10.0 Å². The summed E-state index contributed by atoms with van der Waals surface area (Å²) in [5, 5.41) is 33.2. The van der Waals surface area contributed by atoms with E-state index >= 15 is 0 Å². The van der Waals surface area contributed by atoms with E-state index in [9.17, 15) is 0 Å². The fourth-order valence-corrected chi connectivity index (χ4v) is 19.1. The van der Waals surface area contributed by atoms with Gasteiger partial charge < -0.3 is 64.5 Å². The van der Waals surface area contributed by atoms with Gasteiger partial charge in [-0.15, -0.1) is 34.0 Å². The predicted molar refractivity (Wildman–Crippen MR) is 537 cm³/mol. The number of H-pyrrole nitrogens is 1. The van der Waals surface area contributed by atoms with E-state index in [0.717, 1.165) is 118 Å². The Morgan fingerprint density at radius 3 is 1.15 bits per heavy atom. The molecule has 27 rings (SSSR count). The molecule has 130 heavy (non-hydrogen) atoms. The highest BCUT2D eigenvalue weighted by atomic mass is 79.9. The topological polar surface area (TPSA) is 330 Å². The minimum absolute atomic E-state index is 0.0838. The first-order valence-corrected chi connectivity index (χ1v) is 49.5. The highest BCUT2D eigenvalue weighted by Crippen LogP contribution is 2.44. The Balaban J connectivity index is 0.0000000971. The van der Waals surface area contributed by atoms with Gasteiger partial charge in [-0.05, 0) is 270 Å². The number of nitrogens with two attached hydrogens (primary N) is 2. The Hall–Kier alpha value is -10.8. The summed E-state index contributed by atoms with van der Waals surface area (Å²) < 4.78 is 17.0. The zero-order chi connectivity index (χ0) is 89.2. The van der Waals surface area contributed by atoms with Gasteiger partial charge in [-0.25, -0.2) is 64.8 Å². The van der Waals surface area contributed by atoms with E-state index in [1.165, 1.54) is 133 Å². The van der Waals surface area contributed by atoms with Crippen LogP contribution in [0.3, 0.4) is 0 Å². The first-order valence-electron chi connectivity index (χ1n) is 44.1. The molecule has 662 valence electrons. The number of rotatable bonds is 15. The van der Waals surface area contributed by atoms with Crippen molar-refractivity contribution in [3.63, 3.8) is 0 Å². The fourth-order valence-electron chi connectivity index (χ4n) is 15.6. The lowest BCUT2D eigenvalue weighted by Crippen LogP contribution is -2.09. The number of anilines is 2. The molecular formula is C96H97BBr3ClN24O2S3. The third-order valence-corrected chi connectivity index (χ3v) is 28.3. The minimum Gasteiger partial charge on any atom is -0.427 e. The molecule has 7 aliphatic rings. The summed E-state index contributed by atoms with van der Waals surface area (Å²) in [6, 6.07) is 54.8. The number of aromatic nitrogens is 20. The molecule has 13 aromatic heterocycles. The molecule has 34 heteroatoms. The summed E-state index contributed by atoms with van der Waals surface area (Å²) in [5.41, 5.74) is 32.5. The van der Waals surface area contributed by atoms with Gasteiger partial charge in [0.15, 0.2) is 0 Å². The molecule has 0 radical (unpaired) electrons. The van der Waals surface area contributed by atoms with E-state index in [0.29, 0.717) is 41.4 Å². The van der Waals surface area contributed by atoms with Crippen molar-refractivity contribution in [2.24, 2.45) is 11.5 Å². The highest BCUT2D eigenvalue weighted by molar-refractivity contribution is 9.11. The monoisotopic (exact) mass is 2000 g/mol. The van der Waals surface area contributed by atoms with Crippen molar-refractivity contribution in [3.8, 4) is 0 Å². The van der Waals surface area contributed by atoms with Crippen LogP contribution in [-0.4, -0.2) is 114 Å². The van der Waals surface area contributed by atoms with Crippen LogP contribution in [0.15, 0.2) is 238 Å². The molecule has 9 N–H and O–H groups in total. The number of hydrogen-bond donors (Lipinski definition) is 7. The quantitative estimate of drug-likeness (QED) is 0.0370. The van der Waals surface area contributed by atoms with Crippen molar-refractivity contribution in [1.29, 1.82) is 0 Å². The number of aromatic amines is 1. The molecule has 0 aliphatic heterocycles. The summed E-state index contributed by atoms with van der Waals surface area (Å²) in [5.74, 6) is 1.99. The maximum absolute atomic E-state index is 8.25. The van der Waals surface area contributed by atoms with E-state index in [-0.39, 0.29) is 30.0 Å². The summed E-state index contributed by atoms with van der Waals surface area (Å²) in [7, 11) is -1.04. The molecule has 7 aliphatic carbocycles. The third kappa shape index (κ3) is 21.2.